The molecule has 8 heteroatoms. The Labute approximate surface area is 155 Å². The van der Waals surface area contributed by atoms with Gasteiger partial charge in [0.1, 0.15) is 5.01 Å². The fourth-order valence-corrected chi connectivity index (χ4v) is 3.33. The average molecular weight is 453 g/mol. The first-order valence-corrected chi connectivity index (χ1v) is 8.03. The van der Waals surface area contributed by atoms with Crippen molar-refractivity contribution in [2.24, 2.45) is 10.7 Å². The highest BCUT2D eigenvalue weighted by atomic mass is 127. The Bertz CT molecular complexity index is 678. The van der Waals surface area contributed by atoms with Crippen LogP contribution in [0.1, 0.15) is 11.9 Å². The van der Waals surface area contributed by atoms with E-state index in [1.54, 1.807) is 11.3 Å². The van der Waals surface area contributed by atoms with E-state index in [0.717, 1.165) is 28.3 Å². The van der Waals surface area contributed by atoms with E-state index in [4.69, 9.17) is 22.1 Å². The molecule has 0 radical (unpaired) electrons. The Kier molecular flexibility index (Phi) is 6.25. The number of guanidine groups is 1. The highest BCUT2D eigenvalue weighted by Crippen LogP contribution is 2.25. The van der Waals surface area contributed by atoms with Crippen LogP contribution in [0.4, 0.5) is 0 Å². The Morgan fingerprint density at radius 1 is 1.59 bits per heavy atom. The van der Waals surface area contributed by atoms with Gasteiger partial charge in [-0.1, -0.05) is 11.6 Å². The third-order valence-electron chi connectivity index (χ3n) is 3.34. The van der Waals surface area contributed by atoms with Gasteiger partial charge < -0.3 is 15.4 Å². The van der Waals surface area contributed by atoms with Crippen LogP contribution >= 0.6 is 46.9 Å². The first-order chi connectivity index (χ1) is 10.1. The van der Waals surface area contributed by atoms with Crippen molar-refractivity contribution < 1.29 is 4.74 Å². The van der Waals surface area contributed by atoms with Crippen LogP contribution in [0.25, 0.3) is 10.2 Å². The van der Waals surface area contributed by atoms with E-state index in [0.29, 0.717) is 24.1 Å². The predicted molar refractivity (Wildman–Crippen MR) is 102 cm³/mol. The molecule has 5 nitrogen and oxygen atoms in total. The van der Waals surface area contributed by atoms with Crippen molar-refractivity contribution in [3.8, 4) is 0 Å². The minimum atomic E-state index is 0. The topological polar surface area (TPSA) is 63.7 Å². The van der Waals surface area contributed by atoms with Gasteiger partial charge in [0.25, 0.3) is 0 Å². The van der Waals surface area contributed by atoms with Crippen molar-refractivity contribution in [3.05, 3.63) is 28.2 Å². The summed E-state index contributed by atoms with van der Waals surface area (Å²) in [4.78, 5) is 11.0. The molecule has 0 amide bonds. The van der Waals surface area contributed by atoms with Crippen LogP contribution < -0.4 is 5.73 Å². The molecule has 0 saturated carbocycles. The van der Waals surface area contributed by atoms with Gasteiger partial charge in [-0.25, -0.2) is 9.98 Å². The summed E-state index contributed by atoms with van der Waals surface area (Å²) in [6, 6.07) is 5.72. The highest BCUT2D eigenvalue weighted by Gasteiger charge is 2.18. The lowest BCUT2D eigenvalue weighted by Crippen LogP contribution is -2.47. The molecule has 1 fully saturated rings. The zero-order valence-corrected chi connectivity index (χ0v) is 16.1. The second-order valence-electron chi connectivity index (χ2n) is 5.02. The number of rotatable bonds is 2. The minimum Gasteiger partial charge on any atom is -0.375 e. The van der Waals surface area contributed by atoms with E-state index in [2.05, 4.69) is 14.9 Å². The first-order valence-electron chi connectivity index (χ1n) is 6.83. The number of thiazole rings is 1. The van der Waals surface area contributed by atoms with Crippen LogP contribution in [0.2, 0.25) is 5.02 Å². The molecular formula is C14H18ClIN4OS. The molecule has 1 saturated heterocycles. The van der Waals surface area contributed by atoms with Crippen molar-refractivity contribution in [1.82, 2.24) is 9.88 Å². The second-order valence-corrected chi connectivity index (χ2v) is 6.57. The van der Waals surface area contributed by atoms with Gasteiger partial charge in [-0.05, 0) is 25.1 Å². The molecule has 0 aliphatic carbocycles. The summed E-state index contributed by atoms with van der Waals surface area (Å²) in [5, 5.41) is 1.64. The molecular weight excluding hydrogens is 435 g/mol. The largest absolute Gasteiger partial charge is 0.375 e. The van der Waals surface area contributed by atoms with E-state index < -0.39 is 0 Å². The van der Waals surface area contributed by atoms with E-state index in [1.807, 2.05) is 25.1 Å². The Balaban J connectivity index is 0.00000176. The van der Waals surface area contributed by atoms with Crippen LogP contribution in [0, 0.1) is 0 Å². The molecule has 2 aromatic rings. The summed E-state index contributed by atoms with van der Waals surface area (Å²) in [7, 11) is 0. The second kappa shape index (κ2) is 7.76. The molecule has 1 aliphatic heterocycles. The van der Waals surface area contributed by atoms with Crippen LogP contribution in [-0.2, 0) is 11.3 Å². The zero-order chi connectivity index (χ0) is 14.8. The van der Waals surface area contributed by atoms with Gasteiger partial charge >= 0.3 is 0 Å². The number of hydrogen-bond acceptors (Lipinski definition) is 4. The quantitative estimate of drug-likeness (QED) is 0.432. The minimum absolute atomic E-state index is 0. The molecule has 22 heavy (non-hydrogen) atoms. The van der Waals surface area contributed by atoms with Crippen molar-refractivity contribution in [3.63, 3.8) is 0 Å². The van der Waals surface area contributed by atoms with E-state index >= 15 is 0 Å². The molecule has 1 atom stereocenters. The predicted octanol–water partition coefficient (Wildman–Crippen LogP) is 3.10. The number of fused-ring (bicyclic) bond motifs is 1. The zero-order valence-electron chi connectivity index (χ0n) is 12.2. The van der Waals surface area contributed by atoms with Gasteiger partial charge in [0.2, 0.25) is 0 Å². The molecule has 1 aromatic heterocycles. The number of halogens is 2. The molecule has 1 unspecified atom stereocenters. The van der Waals surface area contributed by atoms with Crippen molar-refractivity contribution in [2.75, 3.05) is 19.7 Å². The van der Waals surface area contributed by atoms with Gasteiger partial charge in [0.15, 0.2) is 5.96 Å². The number of morpholine rings is 1. The molecule has 0 bridgehead atoms. The Morgan fingerprint density at radius 2 is 2.41 bits per heavy atom. The summed E-state index contributed by atoms with van der Waals surface area (Å²) < 4.78 is 6.61. The maximum absolute atomic E-state index is 6.05. The van der Waals surface area contributed by atoms with E-state index in [1.165, 1.54) is 0 Å². The third-order valence-corrected chi connectivity index (χ3v) is 4.59. The normalized spacial score (nSPS) is 19.3. The SMILES string of the molecule is CC1CN(C(N)=NCc2nc3cc(Cl)ccc3s2)CCO1.I. The molecule has 1 aromatic carbocycles. The van der Waals surface area contributed by atoms with Gasteiger partial charge in [-0.15, -0.1) is 35.3 Å². The summed E-state index contributed by atoms with van der Waals surface area (Å²) in [5.74, 6) is 0.558. The van der Waals surface area contributed by atoms with Gasteiger partial charge in [0, 0.05) is 18.1 Å². The number of aliphatic imine (C=N–C) groups is 1. The van der Waals surface area contributed by atoms with Crippen LogP contribution in [0.15, 0.2) is 23.2 Å². The van der Waals surface area contributed by atoms with E-state index in [9.17, 15) is 0 Å². The molecule has 2 heterocycles. The highest BCUT2D eigenvalue weighted by molar-refractivity contribution is 14.0. The summed E-state index contributed by atoms with van der Waals surface area (Å²) in [6.45, 7) is 4.79. The number of hydrogen-bond donors (Lipinski definition) is 1. The lowest BCUT2D eigenvalue weighted by atomic mass is 10.3. The van der Waals surface area contributed by atoms with Crippen molar-refractivity contribution in [2.45, 2.75) is 19.6 Å². The molecule has 2 N–H and O–H groups in total. The van der Waals surface area contributed by atoms with Gasteiger partial charge in [-0.3, -0.25) is 0 Å². The summed E-state index contributed by atoms with van der Waals surface area (Å²) in [6.07, 6.45) is 0.192. The molecule has 1 aliphatic rings. The first kappa shape index (κ1) is 17.7. The summed E-state index contributed by atoms with van der Waals surface area (Å²) >= 11 is 7.59. The Morgan fingerprint density at radius 3 is 3.18 bits per heavy atom. The maximum Gasteiger partial charge on any atom is 0.191 e. The number of ether oxygens (including phenoxy) is 1. The average Bonchev–Trinajstić information content (AvgIpc) is 2.86. The van der Waals surface area contributed by atoms with Crippen molar-refractivity contribution >= 4 is 63.1 Å². The lowest BCUT2D eigenvalue weighted by Gasteiger charge is -2.31. The Hall–Kier alpha value is -0.640. The number of nitrogens with two attached hydrogens (primary N) is 1. The smallest absolute Gasteiger partial charge is 0.191 e. The molecule has 0 spiro atoms. The van der Waals surface area contributed by atoms with Crippen LogP contribution in [0.5, 0.6) is 0 Å². The number of aromatic nitrogens is 1. The lowest BCUT2D eigenvalue weighted by molar-refractivity contribution is 0.00529. The molecule has 3 rings (SSSR count). The van der Waals surface area contributed by atoms with E-state index in [-0.39, 0.29) is 30.1 Å². The monoisotopic (exact) mass is 452 g/mol. The van der Waals surface area contributed by atoms with Crippen LogP contribution in [-0.4, -0.2) is 41.6 Å². The van der Waals surface area contributed by atoms with Gasteiger partial charge in [0.05, 0.1) is 29.5 Å². The fourth-order valence-electron chi connectivity index (χ4n) is 2.29. The fraction of sp³-hybridized carbons (Fsp3) is 0.429. The standard InChI is InChI=1S/C14H17ClN4OS.HI/c1-9-8-19(4-5-20-9)14(16)17-7-13-18-11-6-10(15)2-3-12(11)21-13;/h2-3,6,9H,4-5,7-8H2,1H3,(H2,16,17);1H. The number of nitrogens with zero attached hydrogens (tertiary/aromatic N) is 3. The van der Waals surface area contributed by atoms with Crippen molar-refractivity contribution in [1.29, 1.82) is 0 Å². The summed E-state index contributed by atoms with van der Waals surface area (Å²) in [5.41, 5.74) is 6.97. The van der Waals surface area contributed by atoms with Gasteiger partial charge in [-0.2, -0.15) is 0 Å². The van der Waals surface area contributed by atoms with Crippen LogP contribution in [0.3, 0.4) is 0 Å². The third kappa shape index (κ3) is 4.21. The number of benzene rings is 1. The molecule has 120 valence electrons. The maximum atomic E-state index is 6.05.